The maximum absolute atomic E-state index is 12.1. The zero-order chi connectivity index (χ0) is 24.2. The van der Waals surface area contributed by atoms with Gasteiger partial charge in [-0.3, -0.25) is 0 Å². The van der Waals surface area contributed by atoms with Gasteiger partial charge >= 0.3 is 0 Å². The Morgan fingerprint density at radius 2 is 2.30 bits per heavy atom. The summed E-state index contributed by atoms with van der Waals surface area (Å²) in [5.41, 5.74) is -3.50. The van der Waals surface area contributed by atoms with Gasteiger partial charge in [-0.05, 0) is 50.6 Å². The molecule has 0 aliphatic heterocycles. The molecular formula is C14H21N3O2S. The van der Waals surface area contributed by atoms with Gasteiger partial charge in [0.2, 0.25) is 10.0 Å². The van der Waals surface area contributed by atoms with Crippen LogP contribution in [-0.4, -0.2) is 45.8 Å². The van der Waals surface area contributed by atoms with Crippen molar-refractivity contribution in [2.45, 2.75) is 12.1 Å². The maximum atomic E-state index is 12.1. The smallest absolute Gasteiger partial charge is 0.215 e. The van der Waals surface area contributed by atoms with Gasteiger partial charge in [0, 0.05) is 37.3 Å². The molecule has 0 unspecified atom stereocenters. The minimum Gasteiger partial charge on any atom is -0.361 e. The molecule has 0 aliphatic carbocycles. The number of nitrogens with one attached hydrogen (secondary N) is 2. The van der Waals surface area contributed by atoms with Gasteiger partial charge in [0.1, 0.15) is 0 Å². The van der Waals surface area contributed by atoms with Crippen LogP contribution in [0.25, 0.3) is 10.9 Å². The van der Waals surface area contributed by atoms with Crippen LogP contribution in [0.4, 0.5) is 0 Å². The van der Waals surface area contributed by atoms with Crippen molar-refractivity contribution in [1.82, 2.24) is 14.6 Å². The highest BCUT2D eigenvalue weighted by Crippen LogP contribution is 2.21. The fourth-order valence-electron chi connectivity index (χ4n) is 1.62. The van der Waals surface area contributed by atoms with E-state index in [-0.39, 0.29) is 21.4 Å². The lowest BCUT2D eigenvalue weighted by Crippen LogP contribution is -2.20. The summed E-state index contributed by atoms with van der Waals surface area (Å²) in [7, 11) is -3.41. The number of aromatic nitrogens is 1. The maximum Gasteiger partial charge on any atom is 0.215 e. The van der Waals surface area contributed by atoms with Crippen molar-refractivity contribution in [2.75, 3.05) is 27.5 Å². The number of hydrogen-bond acceptors (Lipinski definition) is 3. The monoisotopic (exact) mass is 306 g/mol. The molecule has 20 heavy (non-hydrogen) atoms. The molecule has 6 heteroatoms. The summed E-state index contributed by atoms with van der Waals surface area (Å²) in [6.07, 6.45) is -3.16. The van der Waals surface area contributed by atoms with Crippen molar-refractivity contribution in [3.05, 3.63) is 35.5 Å². The molecule has 0 bridgehead atoms. The Bertz CT molecular complexity index is 1060. The molecule has 2 rings (SSSR count). The SMILES string of the molecule is [2H]c1[nH]c2ccc(C([2H])([2H])S(=O)(=O)NC)cc2c1C([2H])([2H])CN(C([2H])([2H])[2H])C([2H])([2H])[2H]. The number of sulfonamides is 1. The van der Waals surface area contributed by atoms with Crippen LogP contribution in [0.1, 0.15) is 26.2 Å². The molecule has 0 atom stereocenters. The lowest BCUT2D eigenvalue weighted by Gasteiger charge is -2.08. The number of rotatable bonds is 6. The minimum atomic E-state index is -4.44. The van der Waals surface area contributed by atoms with E-state index in [2.05, 4.69) is 4.98 Å². The van der Waals surface area contributed by atoms with E-state index in [1.807, 2.05) is 4.72 Å². The van der Waals surface area contributed by atoms with Crippen LogP contribution in [0.15, 0.2) is 24.4 Å². The normalized spacial score (nSPS) is 23.2. The van der Waals surface area contributed by atoms with Gasteiger partial charge in [-0.15, -0.1) is 0 Å². The van der Waals surface area contributed by atoms with Crippen LogP contribution in [0.5, 0.6) is 0 Å². The van der Waals surface area contributed by atoms with Crippen molar-refractivity contribution in [1.29, 1.82) is 0 Å². The number of benzene rings is 1. The van der Waals surface area contributed by atoms with Crippen LogP contribution in [-0.2, 0) is 22.1 Å². The molecule has 0 spiro atoms. The summed E-state index contributed by atoms with van der Waals surface area (Å²) in [5.74, 6) is 0. The summed E-state index contributed by atoms with van der Waals surface area (Å²) in [6.45, 7) is -7.43. The van der Waals surface area contributed by atoms with Gasteiger partial charge in [0.05, 0.1) is 7.08 Å². The van der Waals surface area contributed by atoms with Crippen molar-refractivity contribution < 1.29 is 23.5 Å². The zero-order valence-electron chi connectivity index (χ0n) is 21.6. The van der Waals surface area contributed by atoms with Crippen LogP contribution in [0.2, 0.25) is 0 Å². The molecule has 0 saturated carbocycles. The van der Waals surface area contributed by atoms with Gasteiger partial charge in [0.15, 0.2) is 0 Å². The van der Waals surface area contributed by atoms with Gasteiger partial charge in [-0.2, -0.15) is 0 Å². The second-order valence-corrected chi connectivity index (χ2v) is 5.58. The number of H-pyrrole nitrogens is 1. The van der Waals surface area contributed by atoms with E-state index in [4.69, 9.17) is 15.1 Å². The van der Waals surface area contributed by atoms with E-state index in [1.165, 1.54) is 6.07 Å². The Morgan fingerprint density at radius 1 is 1.50 bits per heavy atom. The Hall–Kier alpha value is -1.37. The zero-order valence-corrected chi connectivity index (χ0v) is 11.4. The largest absolute Gasteiger partial charge is 0.361 e. The highest BCUT2D eigenvalue weighted by Gasteiger charge is 2.11. The Morgan fingerprint density at radius 3 is 3.00 bits per heavy atom. The number of aromatic amines is 1. The number of likely N-dealkylation sites (N-methyl/N-ethyl adjacent to an activating group) is 1. The Labute approximate surface area is 135 Å². The predicted molar refractivity (Wildman–Crippen MR) is 82.2 cm³/mol. The fourth-order valence-corrected chi connectivity index (χ4v) is 2.16. The summed E-state index contributed by atoms with van der Waals surface area (Å²) < 4.78 is 111. The van der Waals surface area contributed by atoms with Crippen molar-refractivity contribution in [2.24, 2.45) is 0 Å². The van der Waals surface area contributed by atoms with Crippen LogP contribution in [0, 0.1) is 0 Å². The molecule has 1 aromatic heterocycles. The summed E-state index contributed by atoms with van der Waals surface area (Å²) in [5, 5.41) is -0.0706. The third-order valence-corrected chi connectivity index (χ3v) is 3.59. The molecular weight excluding hydrogens is 274 g/mol. The number of hydrogen-bond donors (Lipinski definition) is 2. The second kappa shape index (κ2) is 5.95. The molecule has 2 N–H and O–H groups in total. The van der Waals surface area contributed by atoms with E-state index in [9.17, 15) is 8.42 Å². The van der Waals surface area contributed by atoms with E-state index in [0.717, 1.165) is 19.2 Å². The Balaban J connectivity index is 2.68. The molecule has 0 fully saturated rings. The molecule has 1 heterocycles. The minimum absolute atomic E-state index is 0.0207. The van der Waals surface area contributed by atoms with E-state index >= 15 is 0 Å². The topological polar surface area (TPSA) is 65.2 Å². The van der Waals surface area contributed by atoms with E-state index in [0.29, 0.717) is 0 Å². The first-order valence-electron chi connectivity index (χ1n) is 11.1. The van der Waals surface area contributed by atoms with E-state index in [1.54, 1.807) is 0 Å². The van der Waals surface area contributed by atoms with Gasteiger partial charge in [-0.1, -0.05) is 6.07 Å². The van der Waals surface area contributed by atoms with E-state index < -0.39 is 54.3 Å². The van der Waals surface area contributed by atoms with Crippen LogP contribution >= 0.6 is 0 Å². The third kappa shape index (κ3) is 3.59. The lowest BCUT2D eigenvalue weighted by atomic mass is 10.1. The van der Waals surface area contributed by atoms with Crippen molar-refractivity contribution in [3.8, 4) is 0 Å². The third-order valence-electron chi connectivity index (χ3n) is 2.55. The predicted octanol–water partition coefficient (Wildman–Crippen LogP) is 1.32. The summed E-state index contributed by atoms with van der Waals surface area (Å²) >= 11 is 0. The van der Waals surface area contributed by atoms with Crippen molar-refractivity contribution in [3.63, 3.8) is 0 Å². The average Bonchev–Trinajstić information content (AvgIpc) is 2.93. The summed E-state index contributed by atoms with van der Waals surface area (Å²) in [4.78, 5) is 2.58. The lowest BCUT2D eigenvalue weighted by molar-refractivity contribution is 0.414. The van der Waals surface area contributed by atoms with Gasteiger partial charge in [-0.25, -0.2) is 13.1 Å². The summed E-state index contributed by atoms with van der Waals surface area (Å²) in [6, 6.07) is 3.46. The Kier molecular flexibility index (Phi) is 1.84. The molecule has 5 nitrogen and oxygen atoms in total. The highest BCUT2D eigenvalue weighted by atomic mass is 32.2. The van der Waals surface area contributed by atoms with Crippen LogP contribution in [0.3, 0.4) is 0 Å². The molecule has 1 aromatic carbocycles. The molecule has 0 aliphatic rings. The standard InChI is InChI=1S/C14H21N3O2S/c1-15-20(18,19)10-11-4-5-14-13(8-11)12(9-16-14)6-7-17(2)3/h4-5,8-9,15-16H,6-7,10H2,1-3H3/i2D3,3D3,6D2,9D,10D2. The number of fused-ring (bicyclic) bond motifs is 1. The quantitative estimate of drug-likeness (QED) is 0.846. The first-order chi connectivity index (χ1) is 13.8. The first-order valence-corrected chi connectivity index (χ1v) is 7.08. The van der Waals surface area contributed by atoms with Crippen molar-refractivity contribution >= 4 is 20.9 Å². The molecule has 0 radical (unpaired) electrons. The van der Waals surface area contributed by atoms with Gasteiger partial charge < -0.3 is 9.88 Å². The van der Waals surface area contributed by atoms with Gasteiger partial charge in [0.25, 0.3) is 0 Å². The molecule has 0 saturated heterocycles. The number of nitrogens with zero attached hydrogens (tertiary/aromatic N) is 1. The fraction of sp³-hybridized carbons (Fsp3) is 0.429. The molecule has 110 valence electrons. The second-order valence-electron chi connectivity index (χ2n) is 3.96. The highest BCUT2D eigenvalue weighted by molar-refractivity contribution is 7.88. The average molecular weight is 306 g/mol. The molecule has 0 amide bonds. The van der Waals surface area contributed by atoms with Crippen LogP contribution < -0.4 is 4.72 Å². The first kappa shape index (κ1) is 6.17. The molecule has 2 aromatic rings.